The van der Waals surface area contributed by atoms with E-state index in [2.05, 4.69) is 38.2 Å². The zero-order valence-corrected chi connectivity index (χ0v) is 14.6. The molecule has 4 aromatic rings. The van der Waals surface area contributed by atoms with Gasteiger partial charge in [0.1, 0.15) is 6.33 Å². The van der Waals surface area contributed by atoms with Gasteiger partial charge >= 0.3 is 0 Å². The Balaban J connectivity index is 1.42. The van der Waals surface area contributed by atoms with E-state index in [4.69, 9.17) is 0 Å². The van der Waals surface area contributed by atoms with Crippen LogP contribution in [0.5, 0.6) is 0 Å². The SMILES string of the molecule is O=C(NN=C1c2ccccc2-c2ccccc21)c1ccc(-n2cnnn2)cc1. The highest BCUT2D eigenvalue weighted by atomic mass is 16.2. The van der Waals surface area contributed by atoms with Gasteiger partial charge in [0.15, 0.2) is 0 Å². The van der Waals surface area contributed by atoms with E-state index in [1.54, 1.807) is 24.3 Å². The number of tetrazole rings is 1. The van der Waals surface area contributed by atoms with Crippen LogP contribution in [0.1, 0.15) is 21.5 Å². The van der Waals surface area contributed by atoms with E-state index in [-0.39, 0.29) is 5.91 Å². The lowest BCUT2D eigenvalue weighted by molar-refractivity contribution is 0.0955. The summed E-state index contributed by atoms with van der Waals surface area (Å²) in [6.07, 6.45) is 1.50. The van der Waals surface area contributed by atoms with Crippen molar-refractivity contribution in [1.29, 1.82) is 0 Å². The van der Waals surface area contributed by atoms with E-state index in [0.717, 1.165) is 33.7 Å². The van der Waals surface area contributed by atoms with Gasteiger partial charge in [-0.3, -0.25) is 4.79 Å². The number of rotatable bonds is 3. The molecule has 0 unspecified atom stereocenters. The number of hydrogen-bond donors (Lipinski definition) is 1. The second-order valence-electron chi connectivity index (χ2n) is 6.29. The molecule has 1 N–H and O–H groups in total. The maximum absolute atomic E-state index is 12.6. The van der Waals surface area contributed by atoms with Crippen LogP contribution in [-0.4, -0.2) is 31.8 Å². The third-order valence-corrected chi connectivity index (χ3v) is 4.67. The highest BCUT2D eigenvalue weighted by molar-refractivity contribution is 6.24. The van der Waals surface area contributed by atoms with Crippen LogP contribution in [0.15, 0.2) is 84.2 Å². The van der Waals surface area contributed by atoms with Crippen LogP contribution in [0.3, 0.4) is 0 Å². The summed E-state index contributed by atoms with van der Waals surface area (Å²) in [6, 6.07) is 23.1. The van der Waals surface area contributed by atoms with Crippen LogP contribution in [0.25, 0.3) is 16.8 Å². The van der Waals surface area contributed by atoms with Crippen molar-refractivity contribution < 1.29 is 4.79 Å². The van der Waals surface area contributed by atoms with Crippen molar-refractivity contribution in [3.05, 3.63) is 95.8 Å². The van der Waals surface area contributed by atoms with Crippen molar-refractivity contribution in [3.8, 4) is 16.8 Å². The molecule has 0 aliphatic heterocycles. The fourth-order valence-electron chi connectivity index (χ4n) is 3.33. The maximum atomic E-state index is 12.6. The van der Waals surface area contributed by atoms with Crippen molar-refractivity contribution >= 4 is 11.6 Å². The lowest BCUT2D eigenvalue weighted by atomic mass is 10.1. The topological polar surface area (TPSA) is 85.1 Å². The monoisotopic (exact) mass is 366 g/mol. The first-order chi connectivity index (χ1) is 13.8. The summed E-state index contributed by atoms with van der Waals surface area (Å²) in [5.74, 6) is -0.280. The second-order valence-corrected chi connectivity index (χ2v) is 6.29. The van der Waals surface area contributed by atoms with E-state index >= 15 is 0 Å². The first-order valence-electron chi connectivity index (χ1n) is 8.72. The Labute approximate surface area is 160 Å². The van der Waals surface area contributed by atoms with Gasteiger partial charge < -0.3 is 0 Å². The molecule has 0 radical (unpaired) electrons. The van der Waals surface area contributed by atoms with E-state index < -0.39 is 0 Å². The van der Waals surface area contributed by atoms with Gasteiger partial charge in [-0.15, -0.1) is 5.10 Å². The fourth-order valence-corrected chi connectivity index (χ4v) is 3.33. The Kier molecular flexibility index (Phi) is 3.76. The number of hydrazone groups is 1. The van der Waals surface area contributed by atoms with Crippen LogP contribution in [0.4, 0.5) is 0 Å². The maximum Gasteiger partial charge on any atom is 0.271 e. The number of benzene rings is 3. The lowest BCUT2D eigenvalue weighted by Crippen LogP contribution is -2.20. The number of fused-ring (bicyclic) bond motifs is 3. The first-order valence-corrected chi connectivity index (χ1v) is 8.72. The Hall–Kier alpha value is -4.13. The molecule has 7 nitrogen and oxygen atoms in total. The minimum atomic E-state index is -0.280. The Morgan fingerprint density at radius 2 is 1.43 bits per heavy atom. The largest absolute Gasteiger partial charge is 0.271 e. The molecule has 1 heterocycles. The molecule has 7 heteroatoms. The van der Waals surface area contributed by atoms with Crippen molar-refractivity contribution in [3.63, 3.8) is 0 Å². The molecule has 1 amide bonds. The molecule has 0 spiro atoms. The van der Waals surface area contributed by atoms with Crippen molar-refractivity contribution in [2.45, 2.75) is 0 Å². The zero-order valence-electron chi connectivity index (χ0n) is 14.6. The second kappa shape index (κ2) is 6.55. The summed E-state index contributed by atoms with van der Waals surface area (Å²) >= 11 is 0. The highest BCUT2D eigenvalue weighted by Crippen LogP contribution is 2.36. The highest BCUT2D eigenvalue weighted by Gasteiger charge is 2.24. The molecule has 28 heavy (non-hydrogen) atoms. The molecule has 0 fully saturated rings. The normalized spacial score (nSPS) is 11.6. The van der Waals surface area contributed by atoms with Gasteiger partial charge in [0.05, 0.1) is 11.4 Å². The lowest BCUT2D eigenvalue weighted by Gasteiger charge is -2.05. The summed E-state index contributed by atoms with van der Waals surface area (Å²) in [6.45, 7) is 0. The molecule has 0 saturated carbocycles. The summed E-state index contributed by atoms with van der Waals surface area (Å²) in [4.78, 5) is 12.6. The van der Waals surface area contributed by atoms with Gasteiger partial charge in [0.2, 0.25) is 0 Å². The number of aromatic nitrogens is 4. The minimum absolute atomic E-state index is 0.280. The molecule has 5 rings (SSSR count). The van der Waals surface area contributed by atoms with Gasteiger partial charge in [0, 0.05) is 16.7 Å². The van der Waals surface area contributed by atoms with Crippen LogP contribution < -0.4 is 5.43 Å². The molecular formula is C21H14N6O. The van der Waals surface area contributed by atoms with Crippen LogP contribution in [0.2, 0.25) is 0 Å². The Morgan fingerprint density at radius 1 is 0.821 bits per heavy atom. The van der Waals surface area contributed by atoms with Gasteiger partial charge in [-0.2, -0.15) is 5.10 Å². The van der Waals surface area contributed by atoms with Gasteiger partial charge in [-0.25, -0.2) is 10.1 Å². The first kappa shape index (κ1) is 16.1. The molecule has 0 saturated heterocycles. The van der Waals surface area contributed by atoms with E-state index in [1.807, 2.05) is 36.4 Å². The molecule has 1 aromatic heterocycles. The average Bonchev–Trinajstić information content (AvgIpc) is 3.39. The van der Waals surface area contributed by atoms with Crippen LogP contribution in [0, 0.1) is 0 Å². The number of amides is 1. The van der Waals surface area contributed by atoms with Crippen molar-refractivity contribution in [1.82, 2.24) is 25.6 Å². The summed E-state index contributed by atoms with van der Waals surface area (Å²) in [5, 5.41) is 15.5. The van der Waals surface area contributed by atoms with Crippen LogP contribution >= 0.6 is 0 Å². The van der Waals surface area contributed by atoms with Gasteiger partial charge in [-0.1, -0.05) is 48.5 Å². The van der Waals surface area contributed by atoms with E-state index in [0.29, 0.717) is 5.56 Å². The number of carbonyl (C=O) groups excluding carboxylic acids is 1. The number of hydrogen-bond acceptors (Lipinski definition) is 5. The molecule has 0 bridgehead atoms. The van der Waals surface area contributed by atoms with Crippen molar-refractivity contribution in [2.24, 2.45) is 5.10 Å². The summed E-state index contributed by atoms with van der Waals surface area (Å²) in [5.41, 5.74) is 8.99. The third kappa shape index (κ3) is 2.66. The van der Waals surface area contributed by atoms with Gasteiger partial charge in [0.25, 0.3) is 5.91 Å². The minimum Gasteiger partial charge on any atom is -0.267 e. The average molecular weight is 366 g/mol. The molecule has 134 valence electrons. The standard InChI is InChI=1S/C21H14N6O/c28-21(14-9-11-15(12-10-14)27-13-22-25-26-27)24-23-20-18-7-3-1-5-16(18)17-6-2-4-8-19(17)20/h1-13H,(H,24,28). The quantitative estimate of drug-likeness (QED) is 0.498. The predicted molar refractivity (Wildman–Crippen MR) is 104 cm³/mol. The number of nitrogens with zero attached hydrogens (tertiary/aromatic N) is 5. The zero-order chi connectivity index (χ0) is 18.9. The molecular weight excluding hydrogens is 352 g/mol. The predicted octanol–water partition coefficient (Wildman–Crippen LogP) is 2.83. The fraction of sp³-hybridized carbons (Fsp3) is 0. The van der Waals surface area contributed by atoms with E-state index in [9.17, 15) is 4.79 Å². The van der Waals surface area contributed by atoms with Crippen molar-refractivity contribution in [2.75, 3.05) is 0 Å². The smallest absolute Gasteiger partial charge is 0.267 e. The van der Waals surface area contributed by atoms with Crippen LogP contribution in [-0.2, 0) is 0 Å². The molecule has 1 aliphatic rings. The Bertz CT molecular complexity index is 1150. The summed E-state index contributed by atoms with van der Waals surface area (Å²) in [7, 11) is 0. The molecule has 1 aliphatic carbocycles. The molecule has 3 aromatic carbocycles. The number of carbonyl (C=O) groups is 1. The number of nitrogens with one attached hydrogen (secondary N) is 1. The summed E-state index contributed by atoms with van der Waals surface area (Å²) < 4.78 is 1.52. The van der Waals surface area contributed by atoms with Gasteiger partial charge in [-0.05, 0) is 45.8 Å². The third-order valence-electron chi connectivity index (χ3n) is 4.67. The van der Waals surface area contributed by atoms with E-state index in [1.165, 1.54) is 11.0 Å². The molecule has 0 atom stereocenters. The Morgan fingerprint density at radius 3 is 2.00 bits per heavy atom.